The van der Waals surface area contributed by atoms with Crippen LogP contribution in [0.25, 0.3) is 0 Å². The zero-order valence-electron chi connectivity index (χ0n) is 8.87. The summed E-state index contributed by atoms with van der Waals surface area (Å²) in [6, 6.07) is 0. The summed E-state index contributed by atoms with van der Waals surface area (Å²) >= 11 is 2.47. The predicted octanol–water partition coefficient (Wildman–Crippen LogP) is 4.42. The first-order chi connectivity index (χ1) is 5.95. The Morgan fingerprint density at radius 2 is 1.77 bits per heavy atom. The van der Waals surface area contributed by atoms with Gasteiger partial charge in [-0.15, -0.1) is 0 Å². The quantitative estimate of drug-likeness (QED) is 0.495. The zero-order chi connectivity index (χ0) is 10.2. The molecule has 1 rings (SSSR count). The topological polar surface area (TPSA) is 0 Å². The molecule has 0 bridgehead atoms. The van der Waals surface area contributed by atoms with Crippen LogP contribution in [0.4, 0.5) is 0 Å². The summed E-state index contributed by atoms with van der Waals surface area (Å²) in [5.74, 6) is 0. The van der Waals surface area contributed by atoms with E-state index in [2.05, 4.69) is 56.9 Å². The second-order valence-electron chi connectivity index (χ2n) is 3.87. The van der Waals surface area contributed by atoms with Crippen LogP contribution in [0, 0.1) is 0 Å². The van der Waals surface area contributed by atoms with Gasteiger partial charge in [0, 0.05) is 3.92 Å². The molecule has 0 amide bonds. The minimum Gasteiger partial charge on any atom is -0.0912 e. The standard InChI is InChI=1S/C12H17I/c1-7-6-8(2)12(11(5)13)10(4)9(7)3/h11H,4,6H2,1-3,5H3. The van der Waals surface area contributed by atoms with Crippen molar-refractivity contribution in [1.82, 2.24) is 0 Å². The maximum Gasteiger partial charge on any atom is 0.0336 e. The highest BCUT2D eigenvalue weighted by Gasteiger charge is 2.19. The maximum atomic E-state index is 4.18. The van der Waals surface area contributed by atoms with E-state index in [-0.39, 0.29) is 0 Å². The molecule has 0 aliphatic heterocycles. The fourth-order valence-corrected chi connectivity index (χ4v) is 2.83. The van der Waals surface area contributed by atoms with Crippen molar-refractivity contribution in [2.24, 2.45) is 0 Å². The molecule has 0 saturated heterocycles. The van der Waals surface area contributed by atoms with Gasteiger partial charge in [-0.3, -0.25) is 0 Å². The molecule has 1 atom stereocenters. The van der Waals surface area contributed by atoms with Crippen LogP contribution < -0.4 is 0 Å². The number of hydrogen-bond acceptors (Lipinski definition) is 0. The molecule has 0 fully saturated rings. The van der Waals surface area contributed by atoms with Crippen LogP contribution in [-0.2, 0) is 0 Å². The third-order valence-electron chi connectivity index (χ3n) is 2.81. The van der Waals surface area contributed by atoms with E-state index in [4.69, 9.17) is 0 Å². The number of halogens is 1. The van der Waals surface area contributed by atoms with E-state index in [9.17, 15) is 0 Å². The molecular weight excluding hydrogens is 271 g/mol. The van der Waals surface area contributed by atoms with E-state index in [0.717, 1.165) is 6.42 Å². The van der Waals surface area contributed by atoms with Gasteiger partial charge in [0.25, 0.3) is 0 Å². The van der Waals surface area contributed by atoms with Crippen LogP contribution in [-0.4, -0.2) is 3.92 Å². The Balaban J connectivity index is 3.12. The number of rotatable bonds is 1. The summed E-state index contributed by atoms with van der Waals surface area (Å²) in [4.78, 5) is 0. The normalized spacial score (nSPS) is 21.2. The third kappa shape index (κ3) is 2.06. The van der Waals surface area contributed by atoms with Crippen LogP contribution in [0.2, 0.25) is 0 Å². The van der Waals surface area contributed by atoms with E-state index in [0.29, 0.717) is 3.92 Å². The van der Waals surface area contributed by atoms with Gasteiger partial charge in [-0.2, -0.15) is 0 Å². The monoisotopic (exact) mass is 288 g/mol. The zero-order valence-corrected chi connectivity index (χ0v) is 11.0. The van der Waals surface area contributed by atoms with Crippen molar-refractivity contribution in [2.75, 3.05) is 0 Å². The summed E-state index contributed by atoms with van der Waals surface area (Å²) in [6.45, 7) is 13.0. The van der Waals surface area contributed by atoms with Crippen molar-refractivity contribution in [1.29, 1.82) is 0 Å². The van der Waals surface area contributed by atoms with Gasteiger partial charge in [-0.1, -0.05) is 40.3 Å². The van der Waals surface area contributed by atoms with Gasteiger partial charge in [-0.05, 0) is 50.8 Å². The lowest BCUT2D eigenvalue weighted by Gasteiger charge is -2.25. The van der Waals surface area contributed by atoms with Gasteiger partial charge in [0.15, 0.2) is 0 Å². The average Bonchev–Trinajstić information content (AvgIpc) is 1.99. The van der Waals surface area contributed by atoms with Crippen molar-refractivity contribution < 1.29 is 0 Å². The molecule has 1 aliphatic rings. The summed E-state index contributed by atoms with van der Waals surface area (Å²) in [5, 5.41) is 0. The SMILES string of the molecule is C=C1C(C)=C(C)CC(C)=C1C(C)I. The van der Waals surface area contributed by atoms with Crippen molar-refractivity contribution in [2.45, 2.75) is 38.0 Å². The first kappa shape index (κ1) is 11.0. The number of hydrogen-bond donors (Lipinski definition) is 0. The Labute approximate surface area is 94.9 Å². The molecule has 13 heavy (non-hydrogen) atoms. The number of alkyl halides is 1. The van der Waals surface area contributed by atoms with Crippen LogP contribution in [0.15, 0.2) is 34.4 Å². The van der Waals surface area contributed by atoms with E-state index in [1.807, 2.05) is 0 Å². The largest absolute Gasteiger partial charge is 0.0912 e. The molecule has 0 aromatic heterocycles. The first-order valence-electron chi connectivity index (χ1n) is 4.64. The summed E-state index contributed by atoms with van der Waals surface area (Å²) in [5.41, 5.74) is 7.08. The van der Waals surface area contributed by atoms with Crippen LogP contribution in [0.5, 0.6) is 0 Å². The summed E-state index contributed by atoms with van der Waals surface area (Å²) in [7, 11) is 0. The molecule has 0 aromatic rings. The Hall–Kier alpha value is -0.0500. The Bertz CT molecular complexity index is 303. The lowest BCUT2D eigenvalue weighted by atomic mass is 9.84. The molecule has 0 aromatic carbocycles. The van der Waals surface area contributed by atoms with E-state index >= 15 is 0 Å². The van der Waals surface area contributed by atoms with E-state index < -0.39 is 0 Å². The molecule has 0 heterocycles. The average molecular weight is 288 g/mol. The summed E-state index contributed by atoms with van der Waals surface area (Å²) < 4.78 is 0.577. The Morgan fingerprint density at radius 3 is 2.23 bits per heavy atom. The minimum atomic E-state index is 0.577. The Kier molecular flexibility index (Phi) is 3.38. The van der Waals surface area contributed by atoms with Gasteiger partial charge in [0.05, 0.1) is 0 Å². The van der Waals surface area contributed by atoms with Crippen molar-refractivity contribution in [3.8, 4) is 0 Å². The first-order valence-corrected chi connectivity index (χ1v) is 5.89. The lowest BCUT2D eigenvalue weighted by molar-refractivity contribution is 0.973. The molecule has 0 spiro atoms. The van der Waals surface area contributed by atoms with Crippen LogP contribution in [0.1, 0.15) is 34.1 Å². The molecule has 0 N–H and O–H groups in total. The highest BCUT2D eigenvalue weighted by Crippen LogP contribution is 2.36. The van der Waals surface area contributed by atoms with Gasteiger partial charge < -0.3 is 0 Å². The second kappa shape index (κ2) is 3.99. The van der Waals surface area contributed by atoms with E-state index in [1.54, 1.807) is 0 Å². The maximum absolute atomic E-state index is 4.18. The van der Waals surface area contributed by atoms with Crippen molar-refractivity contribution >= 4 is 22.6 Å². The smallest absolute Gasteiger partial charge is 0.0336 e. The lowest BCUT2D eigenvalue weighted by Crippen LogP contribution is -2.09. The van der Waals surface area contributed by atoms with Crippen LogP contribution in [0.3, 0.4) is 0 Å². The molecule has 1 heteroatoms. The molecular formula is C12H17I. The van der Waals surface area contributed by atoms with Gasteiger partial charge >= 0.3 is 0 Å². The molecule has 1 aliphatic carbocycles. The van der Waals surface area contributed by atoms with Gasteiger partial charge in [-0.25, -0.2) is 0 Å². The fraction of sp³-hybridized carbons (Fsp3) is 0.500. The van der Waals surface area contributed by atoms with Gasteiger partial charge in [0.1, 0.15) is 0 Å². The van der Waals surface area contributed by atoms with Crippen LogP contribution >= 0.6 is 22.6 Å². The predicted molar refractivity (Wildman–Crippen MR) is 68.3 cm³/mol. The van der Waals surface area contributed by atoms with E-state index in [1.165, 1.54) is 27.9 Å². The highest BCUT2D eigenvalue weighted by atomic mass is 127. The summed E-state index contributed by atoms with van der Waals surface area (Å²) in [6.07, 6.45) is 1.13. The molecule has 1 unspecified atom stereocenters. The molecule has 0 saturated carbocycles. The molecule has 72 valence electrons. The van der Waals surface area contributed by atoms with Gasteiger partial charge in [0.2, 0.25) is 0 Å². The second-order valence-corrected chi connectivity index (χ2v) is 5.74. The minimum absolute atomic E-state index is 0.577. The fourth-order valence-electron chi connectivity index (χ4n) is 1.92. The highest BCUT2D eigenvalue weighted by molar-refractivity contribution is 14.1. The molecule has 0 radical (unpaired) electrons. The number of allylic oxidation sites excluding steroid dienone is 5. The third-order valence-corrected chi connectivity index (χ3v) is 3.43. The van der Waals surface area contributed by atoms with Crippen molar-refractivity contribution in [3.63, 3.8) is 0 Å². The van der Waals surface area contributed by atoms with Crippen molar-refractivity contribution in [3.05, 3.63) is 34.4 Å². The Morgan fingerprint density at radius 1 is 1.23 bits per heavy atom. The molecule has 0 nitrogen and oxygen atoms in total.